The smallest absolute Gasteiger partial charge is 0.138 e. The molecule has 0 saturated carbocycles. The van der Waals surface area contributed by atoms with Gasteiger partial charge in [-0.25, -0.2) is 4.98 Å². The first-order chi connectivity index (χ1) is 13.3. The third kappa shape index (κ3) is 2.28. The van der Waals surface area contributed by atoms with Crippen LogP contribution in [0.4, 0.5) is 0 Å². The molecular weight excluding hydrogens is 330 g/mol. The fourth-order valence-corrected chi connectivity index (χ4v) is 5.10. The van der Waals surface area contributed by atoms with Crippen LogP contribution in [0.2, 0.25) is 0 Å². The van der Waals surface area contributed by atoms with Crippen LogP contribution in [0, 0.1) is 6.92 Å². The molecular formula is C24H23N3. The maximum atomic E-state index is 5.06. The second kappa shape index (κ2) is 5.67. The molecule has 3 aliphatic heterocycles. The Morgan fingerprint density at radius 1 is 0.963 bits per heavy atom. The molecule has 5 heterocycles. The van der Waals surface area contributed by atoms with Gasteiger partial charge in [0.05, 0.1) is 11.0 Å². The molecule has 0 aliphatic carbocycles. The molecule has 0 radical (unpaired) electrons. The van der Waals surface area contributed by atoms with E-state index < -0.39 is 0 Å². The van der Waals surface area contributed by atoms with Gasteiger partial charge in [0, 0.05) is 28.9 Å². The van der Waals surface area contributed by atoms with Gasteiger partial charge in [-0.1, -0.05) is 29.8 Å². The number of pyridine rings is 1. The van der Waals surface area contributed by atoms with E-state index in [1.807, 2.05) is 0 Å². The predicted molar refractivity (Wildman–Crippen MR) is 111 cm³/mol. The van der Waals surface area contributed by atoms with E-state index in [1.54, 1.807) is 0 Å². The van der Waals surface area contributed by atoms with Crippen molar-refractivity contribution in [1.29, 1.82) is 0 Å². The van der Waals surface area contributed by atoms with Crippen LogP contribution in [-0.2, 0) is 6.54 Å². The SMILES string of the molecule is Cc1ccc2c(c1)c1c(n2-c2ccc3ccccc3n2)C2CCN(CC2)C1. The molecule has 134 valence electrons. The van der Waals surface area contributed by atoms with Gasteiger partial charge in [0.1, 0.15) is 5.82 Å². The van der Waals surface area contributed by atoms with Crippen molar-refractivity contribution in [2.24, 2.45) is 0 Å². The molecule has 4 aromatic rings. The molecule has 3 nitrogen and oxygen atoms in total. The Morgan fingerprint density at radius 3 is 2.70 bits per heavy atom. The molecule has 2 bridgehead atoms. The van der Waals surface area contributed by atoms with Gasteiger partial charge in [-0.2, -0.15) is 0 Å². The predicted octanol–water partition coefficient (Wildman–Crippen LogP) is 5.18. The number of fused-ring (bicyclic) bond motifs is 4. The minimum absolute atomic E-state index is 0.639. The summed E-state index contributed by atoms with van der Waals surface area (Å²) in [6, 6.07) is 19.7. The van der Waals surface area contributed by atoms with E-state index in [0.29, 0.717) is 5.92 Å². The van der Waals surface area contributed by atoms with Crippen molar-refractivity contribution in [3.63, 3.8) is 0 Å². The largest absolute Gasteiger partial charge is 0.299 e. The van der Waals surface area contributed by atoms with Gasteiger partial charge in [-0.3, -0.25) is 9.47 Å². The lowest BCUT2D eigenvalue weighted by Gasteiger charge is -2.27. The van der Waals surface area contributed by atoms with Crippen molar-refractivity contribution in [2.75, 3.05) is 13.1 Å². The lowest BCUT2D eigenvalue weighted by Crippen LogP contribution is -2.29. The highest BCUT2D eigenvalue weighted by Gasteiger charge is 2.33. The molecule has 1 saturated heterocycles. The lowest BCUT2D eigenvalue weighted by molar-refractivity contribution is 0.220. The number of rotatable bonds is 1. The third-order valence-corrected chi connectivity index (χ3v) is 6.44. The minimum Gasteiger partial charge on any atom is -0.299 e. The summed E-state index contributed by atoms with van der Waals surface area (Å²) in [6.07, 6.45) is 2.52. The minimum atomic E-state index is 0.639. The molecule has 3 aliphatic rings. The van der Waals surface area contributed by atoms with Gasteiger partial charge in [0.15, 0.2) is 0 Å². The average molecular weight is 353 g/mol. The number of para-hydroxylation sites is 1. The second-order valence-electron chi connectivity index (χ2n) is 8.13. The van der Waals surface area contributed by atoms with Crippen LogP contribution < -0.4 is 0 Å². The summed E-state index contributed by atoms with van der Waals surface area (Å²) in [5.74, 6) is 1.70. The summed E-state index contributed by atoms with van der Waals surface area (Å²) in [4.78, 5) is 7.69. The molecule has 0 atom stereocenters. The average Bonchev–Trinajstić information content (AvgIpc) is 2.82. The molecule has 27 heavy (non-hydrogen) atoms. The number of hydrogen-bond donors (Lipinski definition) is 0. The Morgan fingerprint density at radius 2 is 1.81 bits per heavy atom. The topological polar surface area (TPSA) is 21.1 Å². The number of benzene rings is 2. The first-order valence-corrected chi connectivity index (χ1v) is 10.0. The normalized spacial score (nSPS) is 21.5. The van der Waals surface area contributed by atoms with Gasteiger partial charge in [-0.05, 0) is 68.8 Å². The van der Waals surface area contributed by atoms with Crippen LogP contribution >= 0.6 is 0 Å². The molecule has 2 aromatic carbocycles. The van der Waals surface area contributed by atoms with Crippen LogP contribution in [-0.4, -0.2) is 27.5 Å². The Bertz CT molecular complexity index is 1180. The summed E-state index contributed by atoms with van der Waals surface area (Å²) in [5.41, 5.74) is 6.75. The number of hydrogen-bond acceptors (Lipinski definition) is 2. The van der Waals surface area contributed by atoms with Crippen molar-refractivity contribution in [1.82, 2.24) is 14.5 Å². The molecule has 7 rings (SSSR count). The Balaban J connectivity index is 1.69. The van der Waals surface area contributed by atoms with Crippen molar-refractivity contribution < 1.29 is 0 Å². The second-order valence-corrected chi connectivity index (χ2v) is 8.13. The lowest BCUT2D eigenvalue weighted by atomic mass is 9.94. The molecule has 0 N–H and O–H groups in total. The molecule has 3 heteroatoms. The first-order valence-electron chi connectivity index (χ1n) is 10.0. The van der Waals surface area contributed by atoms with Crippen molar-refractivity contribution in [3.05, 3.63) is 71.4 Å². The van der Waals surface area contributed by atoms with E-state index >= 15 is 0 Å². The van der Waals surface area contributed by atoms with Crippen LogP contribution in [0.15, 0.2) is 54.6 Å². The standard InChI is InChI=1S/C24H23N3/c1-16-6-8-22-19(14-16)20-15-26-12-10-18(11-13-26)24(20)27(22)23-9-7-17-4-2-3-5-21(17)25-23/h2-9,14,18H,10-13,15H2,1H3. The van der Waals surface area contributed by atoms with Crippen LogP contribution in [0.25, 0.3) is 27.6 Å². The van der Waals surface area contributed by atoms with Crippen molar-refractivity contribution >= 4 is 21.8 Å². The molecule has 0 unspecified atom stereocenters. The number of aromatic nitrogens is 2. The Kier molecular flexibility index (Phi) is 3.24. The zero-order valence-electron chi connectivity index (χ0n) is 15.7. The highest BCUT2D eigenvalue weighted by Crippen LogP contribution is 2.42. The van der Waals surface area contributed by atoms with Crippen molar-refractivity contribution in [3.8, 4) is 5.82 Å². The maximum absolute atomic E-state index is 5.06. The monoisotopic (exact) mass is 353 g/mol. The van der Waals surface area contributed by atoms with Crippen molar-refractivity contribution in [2.45, 2.75) is 32.2 Å². The zero-order valence-corrected chi connectivity index (χ0v) is 15.7. The van der Waals surface area contributed by atoms with Gasteiger partial charge in [-0.15, -0.1) is 0 Å². The van der Waals surface area contributed by atoms with Gasteiger partial charge < -0.3 is 0 Å². The fraction of sp³-hybridized carbons (Fsp3) is 0.292. The van der Waals surface area contributed by atoms with Gasteiger partial charge in [0.25, 0.3) is 0 Å². The molecule has 2 aromatic heterocycles. The number of nitrogens with zero attached hydrogens (tertiary/aromatic N) is 3. The van der Waals surface area contributed by atoms with E-state index in [-0.39, 0.29) is 0 Å². The van der Waals surface area contributed by atoms with Gasteiger partial charge in [0.2, 0.25) is 0 Å². The maximum Gasteiger partial charge on any atom is 0.138 e. The summed E-state index contributed by atoms with van der Waals surface area (Å²) in [5, 5.41) is 2.62. The summed E-state index contributed by atoms with van der Waals surface area (Å²) >= 11 is 0. The van der Waals surface area contributed by atoms with E-state index in [4.69, 9.17) is 4.98 Å². The highest BCUT2D eigenvalue weighted by molar-refractivity contribution is 5.89. The fourth-order valence-electron chi connectivity index (χ4n) is 5.10. The van der Waals surface area contributed by atoms with Gasteiger partial charge >= 0.3 is 0 Å². The Hall–Kier alpha value is -2.65. The quantitative estimate of drug-likeness (QED) is 0.470. The van der Waals surface area contributed by atoms with E-state index in [9.17, 15) is 0 Å². The highest BCUT2D eigenvalue weighted by atomic mass is 15.2. The molecule has 1 fully saturated rings. The molecule has 0 spiro atoms. The zero-order chi connectivity index (χ0) is 18.0. The third-order valence-electron chi connectivity index (χ3n) is 6.44. The van der Waals surface area contributed by atoms with Crippen LogP contribution in [0.3, 0.4) is 0 Å². The summed E-state index contributed by atoms with van der Waals surface area (Å²) in [7, 11) is 0. The molecule has 0 amide bonds. The van der Waals surface area contributed by atoms with E-state index in [0.717, 1.165) is 17.9 Å². The number of piperidine rings is 1. The van der Waals surface area contributed by atoms with E-state index in [1.165, 1.54) is 59.0 Å². The Labute approximate surface area is 159 Å². The van der Waals surface area contributed by atoms with E-state index in [2.05, 4.69) is 71.0 Å². The number of aryl methyl sites for hydroxylation is 1. The van der Waals surface area contributed by atoms with Crippen LogP contribution in [0.1, 0.15) is 35.6 Å². The summed E-state index contributed by atoms with van der Waals surface area (Å²) in [6.45, 7) is 5.71. The van der Waals surface area contributed by atoms with Crippen LogP contribution in [0.5, 0.6) is 0 Å². The first kappa shape index (κ1) is 15.4. The summed E-state index contributed by atoms with van der Waals surface area (Å²) < 4.78 is 2.47.